The van der Waals surface area contributed by atoms with Gasteiger partial charge in [0.1, 0.15) is 11.4 Å². The van der Waals surface area contributed by atoms with E-state index in [-0.39, 0.29) is 10.7 Å². The van der Waals surface area contributed by atoms with Crippen molar-refractivity contribution < 1.29 is 9.32 Å². The van der Waals surface area contributed by atoms with Crippen molar-refractivity contribution in [1.82, 2.24) is 15.1 Å². The van der Waals surface area contributed by atoms with E-state index in [1.807, 2.05) is 0 Å². The normalized spacial score (nSPS) is 10.1. The van der Waals surface area contributed by atoms with Crippen LogP contribution in [0.5, 0.6) is 0 Å². The molecule has 0 fully saturated rings. The molecule has 0 aliphatic heterocycles. The highest BCUT2D eigenvalue weighted by Crippen LogP contribution is 2.16. The van der Waals surface area contributed by atoms with Crippen LogP contribution in [0.2, 0.25) is 5.15 Å². The van der Waals surface area contributed by atoms with Gasteiger partial charge < -0.3 is 4.52 Å². The van der Waals surface area contributed by atoms with Crippen molar-refractivity contribution in [3.8, 4) is 11.5 Å². The topological polar surface area (TPSA) is 68.9 Å². The maximum absolute atomic E-state index is 10.4. The fourth-order valence-corrected chi connectivity index (χ4v) is 1.07. The molecule has 0 saturated carbocycles. The maximum Gasteiger partial charge on any atom is 0.183 e. The van der Waals surface area contributed by atoms with Crippen LogP contribution in [0.25, 0.3) is 11.5 Å². The van der Waals surface area contributed by atoms with Crippen LogP contribution in [-0.2, 0) is 0 Å². The third kappa shape index (κ3) is 1.49. The molecule has 0 spiro atoms. The van der Waals surface area contributed by atoms with Gasteiger partial charge in [-0.2, -0.15) is 0 Å². The highest BCUT2D eigenvalue weighted by Gasteiger charge is 2.08. The summed E-state index contributed by atoms with van der Waals surface area (Å²) in [6.45, 7) is 0. The van der Waals surface area contributed by atoms with E-state index in [0.717, 1.165) is 0 Å². The van der Waals surface area contributed by atoms with Gasteiger partial charge in [-0.25, -0.2) is 9.97 Å². The van der Waals surface area contributed by atoms with Crippen LogP contribution >= 0.6 is 11.6 Å². The Morgan fingerprint density at radius 3 is 2.93 bits per heavy atom. The minimum atomic E-state index is 0.105. The first kappa shape index (κ1) is 8.83. The van der Waals surface area contributed by atoms with Crippen LogP contribution in [0, 0.1) is 0 Å². The fourth-order valence-electron chi connectivity index (χ4n) is 0.901. The molecule has 2 aromatic rings. The Balaban J connectivity index is 2.48. The number of carbonyl (C=O) groups is 1. The number of hydrogen-bond donors (Lipinski definition) is 0. The lowest BCUT2D eigenvalue weighted by molar-refractivity contribution is 0.112. The summed E-state index contributed by atoms with van der Waals surface area (Å²) in [6.07, 6.45) is 3.33. The SMILES string of the molecule is O=Cc1cnc(-c2ccon2)nc1Cl. The van der Waals surface area contributed by atoms with E-state index < -0.39 is 0 Å². The zero-order valence-corrected chi connectivity index (χ0v) is 7.60. The Kier molecular flexibility index (Phi) is 2.24. The van der Waals surface area contributed by atoms with Gasteiger partial charge in [0.05, 0.1) is 5.56 Å². The summed E-state index contributed by atoms with van der Waals surface area (Å²) < 4.78 is 4.62. The molecule has 70 valence electrons. The molecule has 0 bridgehead atoms. The molecule has 0 radical (unpaired) electrons. The van der Waals surface area contributed by atoms with Crippen molar-refractivity contribution >= 4 is 17.9 Å². The standard InChI is InChI=1S/C8H4ClN3O2/c9-7-5(4-13)3-10-8(11-7)6-1-2-14-12-6/h1-4H. The van der Waals surface area contributed by atoms with Crippen molar-refractivity contribution in [3.63, 3.8) is 0 Å². The van der Waals surface area contributed by atoms with E-state index in [4.69, 9.17) is 11.6 Å². The average molecular weight is 210 g/mol. The van der Waals surface area contributed by atoms with Crippen molar-refractivity contribution in [1.29, 1.82) is 0 Å². The number of nitrogens with zero attached hydrogens (tertiary/aromatic N) is 3. The molecule has 0 amide bonds. The Morgan fingerprint density at radius 2 is 2.36 bits per heavy atom. The van der Waals surface area contributed by atoms with Crippen LogP contribution in [0.15, 0.2) is 23.0 Å². The Bertz CT molecular complexity index is 456. The molecule has 0 N–H and O–H groups in total. The summed E-state index contributed by atoms with van der Waals surface area (Å²) in [7, 11) is 0. The van der Waals surface area contributed by atoms with Gasteiger partial charge in [0.15, 0.2) is 17.8 Å². The highest BCUT2D eigenvalue weighted by molar-refractivity contribution is 6.31. The molecule has 6 heteroatoms. The van der Waals surface area contributed by atoms with Gasteiger partial charge in [0, 0.05) is 12.3 Å². The number of halogens is 1. The predicted molar refractivity (Wildman–Crippen MR) is 47.9 cm³/mol. The van der Waals surface area contributed by atoms with Crippen LogP contribution in [0.1, 0.15) is 10.4 Å². The van der Waals surface area contributed by atoms with Crippen LogP contribution in [0.3, 0.4) is 0 Å². The molecule has 0 atom stereocenters. The number of carbonyl (C=O) groups excluding carboxylic acids is 1. The molecule has 0 unspecified atom stereocenters. The van der Waals surface area contributed by atoms with E-state index in [0.29, 0.717) is 17.8 Å². The monoisotopic (exact) mass is 209 g/mol. The summed E-state index contributed by atoms with van der Waals surface area (Å²) in [4.78, 5) is 18.2. The molecule has 0 aliphatic carbocycles. The van der Waals surface area contributed by atoms with E-state index in [1.54, 1.807) is 6.07 Å². The summed E-state index contributed by atoms with van der Waals surface area (Å²) >= 11 is 5.71. The first-order valence-electron chi connectivity index (χ1n) is 3.69. The smallest absolute Gasteiger partial charge is 0.183 e. The van der Waals surface area contributed by atoms with E-state index in [1.165, 1.54) is 12.5 Å². The van der Waals surface area contributed by atoms with Gasteiger partial charge >= 0.3 is 0 Å². The van der Waals surface area contributed by atoms with Gasteiger partial charge in [-0.05, 0) is 0 Å². The first-order chi connectivity index (χ1) is 6.81. The van der Waals surface area contributed by atoms with Crippen molar-refractivity contribution in [2.45, 2.75) is 0 Å². The van der Waals surface area contributed by atoms with Gasteiger partial charge in [-0.3, -0.25) is 4.79 Å². The second-order valence-corrected chi connectivity index (χ2v) is 2.80. The largest absolute Gasteiger partial charge is 0.364 e. The second-order valence-electron chi connectivity index (χ2n) is 2.44. The zero-order chi connectivity index (χ0) is 9.97. The lowest BCUT2D eigenvalue weighted by Crippen LogP contribution is -1.93. The van der Waals surface area contributed by atoms with Crippen molar-refractivity contribution in [2.24, 2.45) is 0 Å². The van der Waals surface area contributed by atoms with Crippen LogP contribution < -0.4 is 0 Å². The average Bonchev–Trinajstić information content (AvgIpc) is 2.70. The maximum atomic E-state index is 10.4. The molecule has 0 aromatic carbocycles. The summed E-state index contributed by atoms with van der Waals surface area (Å²) in [5.41, 5.74) is 0.725. The van der Waals surface area contributed by atoms with Gasteiger partial charge in [-0.1, -0.05) is 16.8 Å². The quantitative estimate of drug-likeness (QED) is 0.555. The molecule has 0 saturated heterocycles. The van der Waals surface area contributed by atoms with E-state index in [2.05, 4.69) is 19.6 Å². The van der Waals surface area contributed by atoms with E-state index in [9.17, 15) is 4.79 Å². The summed E-state index contributed by atoms with van der Waals surface area (Å²) in [6, 6.07) is 1.60. The van der Waals surface area contributed by atoms with Crippen LogP contribution in [0.4, 0.5) is 0 Å². The number of rotatable bonds is 2. The second kappa shape index (κ2) is 3.55. The minimum Gasteiger partial charge on any atom is -0.364 e. The van der Waals surface area contributed by atoms with Crippen molar-refractivity contribution in [2.75, 3.05) is 0 Å². The third-order valence-corrected chi connectivity index (χ3v) is 1.86. The Hall–Kier alpha value is -1.75. The van der Waals surface area contributed by atoms with Gasteiger partial charge in [0.25, 0.3) is 0 Å². The summed E-state index contributed by atoms with van der Waals surface area (Å²) in [5, 5.41) is 3.74. The number of aldehydes is 1. The Labute approximate surface area is 83.7 Å². The van der Waals surface area contributed by atoms with Crippen LogP contribution in [-0.4, -0.2) is 21.4 Å². The number of hydrogen-bond acceptors (Lipinski definition) is 5. The van der Waals surface area contributed by atoms with E-state index >= 15 is 0 Å². The zero-order valence-electron chi connectivity index (χ0n) is 6.85. The first-order valence-corrected chi connectivity index (χ1v) is 4.07. The highest BCUT2D eigenvalue weighted by atomic mass is 35.5. The van der Waals surface area contributed by atoms with Gasteiger partial charge in [0.2, 0.25) is 0 Å². The molecule has 14 heavy (non-hydrogen) atoms. The molecule has 2 heterocycles. The minimum absolute atomic E-state index is 0.105. The molecule has 5 nitrogen and oxygen atoms in total. The lowest BCUT2D eigenvalue weighted by atomic mass is 10.3. The molecular weight excluding hydrogens is 206 g/mol. The summed E-state index contributed by atoms with van der Waals surface area (Å²) in [5.74, 6) is 0.328. The number of aromatic nitrogens is 3. The predicted octanol–water partition coefficient (Wildman–Crippen LogP) is 1.60. The molecule has 0 aliphatic rings. The molecular formula is C8H4ClN3O2. The molecule has 2 rings (SSSR count). The lowest BCUT2D eigenvalue weighted by Gasteiger charge is -1.96. The Morgan fingerprint density at radius 1 is 1.50 bits per heavy atom. The molecule has 2 aromatic heterocycles. The van der Waals surface area contributed by atoms with Crippen molar-refractivity contribution in [3.05, 3.63) is 29.2 Å². The third-order valence-electron chi connectivity index (χ3n) is 1.56. The fraction of sp³-hybridized carbons (Fsp3) is 0. The van der Waals surface area contributed by atoms with Gasteiger partial charge in [-0.15, -0.1) is 0 Å².